The van der Waals surface area contributed by atoms with Gasteiger partial charge in [0.1, 0.15) is 6.33 Å². The molecule has 6 heteroatoms. The summed E-state index contributed by atoms with van der Waals surface area (Å²) >= 11 is 0. The number of benzene rings is 2. The summed E-state index contributed by atoms with van der Waals surface area (Å²) in [7, 11) is 0. The Bertz CT molecular complexity index is 786. The molecule has 0 saturated heterocycles. The first-order chi connectivity index (χ1) is 11.8. The van der Waals surface area contributed by atoms with Crippen molar-refractivity contribution in [3.8, 4) is 5.69 Å². The molecule has 3 rings (SSSR count). The molecule has 0 fully saturated rings. The molecule has 0 atom stereocenters. The van der Waals surface area contributed by atoms with E-state index in [1.54, 1.807) is 0 Å². The first-order valence-corrected chi connectivity index (χ1v) is 7.94. The second-order valence-electron chi connectivity index (χ2n) is 5.43. The second-order valence-corrected chi connectivity index (χ2v) is 5.43. The number of hydrogen-bond donors (Lipinski definition) is 0. The summed E-state index contributed by atoms with van der Waals surface area (Å²) in [6.07, 6.45) is 2.35. The van der Waals surface area contributed by atoms with Crippen LogP contribution in [0.15, 0.2) is 60.9 Å². The summed E-state index contributed by atoms with van der Waals surface area (Å²) in [5.41, 5.74) is 2.63. The maximum atomic E-state index is 12.8. The molecule has 0 spiro atoms. The highest BCUT2D eigenvalue weighted by Crippen LogP contribution is 2.12. The van der Waals surface area contributed by atoms with Crippen molar-refractivity contribution >= 4 is 5.91 Å². The van der Waals surface area contributed by atoms with Crippen molar-refractivity contribution < 1.29 is 4.79 Å². The summed E-state index contributed by atoms with van der Waals surface area (Å²) < 4.78 is 1.54. The fourth-order valence-corrected chi connectivity index (χ4v) is 2.56. The molecule has 0 unspecified atom stereocenters. The van der Waals surface area contributed by atoms with Gasteiger partial charge in [-0.25, -0.2) is 4.68 Å². The Morgan fingerprint density at radius 1 is 1.12 bits per heavy atom. The molecular formula is C18H19N5O. The Labute approximate surface area is 140 Å². The van der Waals surface area contributed by atoms with Crippen molar-refractivity contribution in [3.05, 3.63) is 72.1 Å². The van der Waals surface area contributed by atoms with Crippen molar-refractivity contribution in [3.63, 3.8) is 0 Å². The van der Waals surface area contributed by atoms with Crippen LogP contribution in [0.1, 0.15) is 22.8 Å². The van der Waals surface area contributed by atoms with E-state index >= 15 is 0 Å². The zero-order valence-electron chi connectivity index (χ0n) is 13.5. The van der Waals surface area contributed by atoms with Crippen molar-refractivity contribution in [2.75, 3.05) is 13.1 Å². The minimum absolute atomic E-state index is 0.0170. The van der Waals surface area contributed by atoms with E-state index < -0.39 is 0 Å². The number of likely N-dealkylation sites (N-methyl/N-ethyl adjacent to an activating group) is 1. The van der Waals surface area contributed by atoms with Crippen LogP contribution in [-0.4, -0.2) is 44.1 Å². The number of carbonyl (C=O) groups excluding carboxylic acids is 1. The summed E-state index contributed by atoms with van der Waals surface area (Å²) in [6.45, 7) is 3.35. The lowest BCUT2D eigenvalue weighted by Gasteiger charge is -2.21. The third-order valence-corrected chi connectivity index (χ3v) is 3.89. The van der Waals surface area contributed by atoms with Gasteiger partial charge in [-0.2, -0.15) is 0 Å². The molecule has 0 bridgehead atoms. The fraction of sp³-hybridized carbons (Fsp3) is 0.222. The molecule has 6 nitrogen and oxygen atoms in total. The predicted octanol–water partition coefficient (Wildman–Crippen LogP) is 2.37. The Morgan fingerprint density at radius 3 is 2.67 bits per heavy atom. The van der Waals surface area contributed by atoms with E-state index in [4.69, 9.17) is 0 Å². The van der Waals surface area contributed by atoms with Gasteiger partial charge in [0.05, 0.1) is 5.69 Å². The maximum Gasteiger partial charge on any atom is 0.253 e. The fourth-order valence-electron chi connectivity index (χ4n) is 2.56. The SMILES string of the molecule is CCN(CCc1ccccc1)C(=O)c1cccc(-n2cnnn2)c1. The van der Waals surface area contributed by atoms with Gasteiger partial charge in [-0.05, 0) is 47.5 Å². The van der Waals surface area contributed by atoms with E-state index in [0.717, 1.165) is 12.1 Å². The van der Waals surface area contributed by atoms with E-state index in [-0.39, 0.29) is 5.91 Å². The van der Waals surface area contributed by atoms with Gasteiger partial charge in [-0.1, -0.05) is 36.4 Å². The lowest BCUT2D eigenvalue weighted by molar-refractivity contribution is 0.0766. The van der Waals surface area contributed by atoms with E-state index in [1.807, 2.05) is 54.3 Å². The molecule has 122 valence electrons. The molecule has 1 aromatic heterocycles. The van der Waals surface area contributed by atoms with Crippen LogP contribution in [-0.2, 0) is 6.42 Å². The Morgan fingerprint density at radius 2 is 1.96 bits per heavy atom. The Hall–Kier alpha value is -3.02. The summed E-state index contributed by atoms with van der Waals surface area (Å²) in [6, 6.07) is 17.5. The zero-order chi connectivity index (χ0) is 16.8. The van der Waals surface area contributed by atoms with E-state index in [2.05, 4.69) is 27.7 Å². The summed E-state index contributed by atoms with van der Waals surface area (Å²) in [4.78, 5) is 14.6. The van der Waals surface area contributed by atoms with Crippen molar-refractivity contribution in [1.29, 1.82) is 0 Å². The predicted molar refractivity (Wildman–Crippen MR) is 90.9 cm³/mol. The highest BCUT2D eigenvalue weighted by molar-refractivity contribution is 5.94. The van der Waals surface area contributed by atoms with Gasteiger partial charge >= 0.3 is 0 Å². The van der Waals surface area contributed by atoms with E-state index in [1.165, 1.54) is 16.6 Å². The lowest BCUT2D eigenvalue weighted by atomic mass is 10.1. The number of amides is 1. The van der Waals surface area contributed by atoms with Crippen LogP contribution >= 0.6 is 0 Å². The van der Waals surface area contributed by atoms with Gasteiger partial charge in [0, 0.05) is 18.7 Å². The lowest BCUT2D eigenvalue weighted by Crippen LogP contribution is -2.32. The quantitative estimate of drug-likeness (QED) is 0.699. The van der Waals surface area contributed by atoms with Gasteiger partial charge in [-0.3, -0.25) is 4.79 Å². The molecule has 0 aliphatic carbocycles. The topological polar surface area (TPSA) is 63.9 Å². The highest BCUT2D eigenvalue weighted by atomic mass is 16.2. The molecule has 2 aromatic carbocycles. The molecule has 0 saturated carbocycles. The van der Waals surface area contributed by atoms with Gasteiger partial charge in [0.25, 0.3) is 5.91 Å². The van der Waals surface area contributed by atoms with E-state index in [0.29, 0.717) is 18.7 Å². The van der Waals surface area contributed by atoms with Crippen LogP contribution in [0, 0.1) is 0 Å². The van der Waals surface area contributed by atoms with Crippen LogP contribution in [0.3, 0.4) is 0 Å². The van der Waals surface area contributed by atoms with Crippen LogP contribution < -0.4 is 0 Å². The standard InChI is InChI=1S/C18H19N5O/c1-2-22(12-11-15-7-4-3-5-8-15)18(24)16-9-6-10-17(13-16)23-14-19-20-21-23/h3-10,13-14H,2,11-12H2,1H3. The molecule has 0 N–H and O–H groups in total. The molecule has 3 aromatic rings. The largest absolute Gasteiger partial charge is 0.339 e. The number of hydrogen-bond acceptors (Lipinski definition) is 4. The number of nitrogens with zero attached hydrogens (tertiary/aromatic N) is 5. The molecule has 1 heterocycles. The van der Waals surface area contributed by atoms with Gasteiger partial charge < -0.3 is 4.90 Å². The molecule has 24 heavy (non-hydrogen) atoms. The number of carbonyl (C=O) groups is 1. The molecule has 0 radical (unpaired) electrons. The normalized spacial score (nSPS) is 10.5. The first kappa shape index (κ1) is 15.9. The Balaban J connectivity index is 1.73. The average molecular weight is 321 g/mol. The second kappa shape index (κ2) is 7.50. The maximum absolute atomic E-state index is 12.8. The smallest absolute Gasteiger partial charge is 0.253 e. The van der Waals surface area contributed by atoms with Gasteiger partial charge in [0.15, 0.2) is 0 Å². The monoisotopic (exact) mass is 321 g/mol. The number of aromatic nitrogens is 4. The van der Waals surface area contributed by atoms with Gasteiger partial charge in [-0.15, -0.1) is 5.10 Å². The van der Waals surface area contributed by atoms with Crippen molar-refractivity contribution in [1.82, 2.24) is 25.1 Å². The third-order valence-electron chi connectivity index (χ3n) is 3.89. The highest BCUT2D eigenvalue weighted by Gasteiger charge is 2.15. The minimum atomic E-state index is 0.0170. The van der Waals surface area contributed by atoms with Crippen LogP contribution in [0.5, 0.6) is 0 Å². The van der Waals surface area contributed by atoms with Crippen LogP contribution in [0.2, 0.25) is 0 Å². The third kappa shape index (κ3) is 3.65. The summed E-state index contributed by atoms with van der Waals surface area (Å²) in [5.74, 6) is 0.0170. The average Bonchev–Trinajstić information content (AvgIpc) is 3.18. The summed E-state index contributed by atoms with van der Waals surface area (Å²) in [5, 5.41) is 11.1. The molecular weight excluding hydrogens is 302 g/mol. The minimum Gasteiger partial charge on any atom is -0.339 e. The zero-order valence-corrected chi connectivity index (χ0v) is 13.5. The van der Waals surface area contributed by atoms with E-state index in [9.17, 15) is 4.79 Å². The Kier molecular flexibility index (Phi) is 4.96. The number of rotatable bonds is 6. The molecule has 0 aliphatic heterocycles. The first-order valence-electron chi connectivity index (χ1n) is 7.94. The molecule has 0 aliphatic rings. The van der Waals surface area contributed by atoms with Crippen LogP contribution in [0.4, 0.5) is 0 Å². The van der Waals surface area contributed by atoms with Crippen molar-refractivity contribution in [2.24, 2.45) is 0 Å². The van der Waals surface area contributed by atoms with Gasteiger partial charge in [0.2, 0.25) is 0 Å². The van der Waals surface area contributed by atoms with Crippen molar-refractivity contribution in [2.45, 2.75) is 13.3 Å². The number of tetrazole rings is 1. The molecule has 1 amide bonds. The van der Waals surface area contributed by atoms with Crippen LogP contribution in [0.25, 0.3) is 5.69 Å².